The Bertz CT molecular complexity index is 333. The third kappa shape index (κ3) is 3.06. The van der Waals surface area contributed by atoms with Crippen molar-refractivity contribution < 1.29 is 9.84 Å². The van der Waals surface area contributed by atoms with Gasteiger partial charge in [-0.2, -0.15) is 0 Å². The number of thiophene rings is 1. The van der Waals surface area contributed by atoms with E-state index in [0.717, 1.165) is 17.0 Å². The predicted octanol–water partition coefficient (Wildman–Crippen LogP) is 2.59. The summed E-state index contributed by atoms with van der Waals surface area (Å²) in [6.45, 7) is 1.81. The molecule has 1 aromatic heterocycles. The molecule has 0 fully saturated rings. The molecule has 0 saturated carbocycles. The summed E-state index contributed by atoms with van der Waals surface area (Å²) in [6.07, 6.45) is 1.01. The molecule has 0 bridgehead atoms. The van der Waals surface area contributed by atoms with Crippen molar-refractivity contribution in [3.05, 3.63) is 16.3 Å². The van der Waals surface area contributed by atoms with E-state index in [1.54, 1.807) is 14.0 Å². The molecule has 14 heavy (non-hydrogen) atoms. The van der Waals surface area contributed by atoms with Crippen LogP contribution in [0.1, 0.15) is 30.7 Å². The molecular formula is C11H14O2S. The van der Waals surface area contributed by atoms with Crippen molar-refractivity contribution in [1.29, 1.82) is 0 Å². The highest BCUT2D eigenvalue weighted by molar-refractivity contribution is 7.10. The van der Waals surface area contributed by atoms with E-state index in [0.29, 0.717) is 6.42 Å². The van der Waals surface area contributed by atoms with E-state index in [9.17, 15) is 5.11 Å². The van der Waals surface area contributed by atoms with E-state index in [2.05, 4.69) is 11.8 Å². The molecule has 0 aromatic carbocycles. The minimum absolute atomic E-state index is 0.412. The first-order valence-electron chi connectivity index (χ1n) is 4.48. The van der Waals surface area contributed by atoms with Gasteiger partial charge in [0.25, 0.3) is 0 Å². The van der Waals surface area contributed by atoms with Gasteiger partial charge in [-0.1, -0.05) is 0 Å². The first-order chi connectivity index (χ1) is 6.77. The Kier molecular flexibility index (Phi) is 4.51. The second-order valence-electron chi connectivity index (χ2n) is 2.87. The topological polar surface area (TPSA) is 29.5 Å². The van der Waals surface area contributed by atoms with E-state index < -0.39 is 6.10 Å². The van der Waals surface area contributed by atoms with Gasteiger partial charge in [0.15, 0.2) is 0 Å². The molecule has 0 aliphatic heterocycles. The lowest BCUT2D eigenvalue weighted by molar-refractivity contribution is 0.173. The predicted molar refractivity (Wildman–Crippen MR) is 58.5 cm³/mol. The van der Waals surface area contributed by atoms with E-state index in [1.165, 1.54) is 11.3 Å². The SMILES string of the molecule is CC#CCCC(O)c1cc(OC)cs1. The van der Waals surface area contributed by atoms with Crippen LogP contribution in [0.4, 0.5) is 0 Å². The molecule has 0 aliphatic rings. The zero-order chi connectivity index (χ0) is 10.4. The lowest BCUT2D eigenvalue weighted by Crippen LogP contribution is -1.93. The summed E-state index contributed by atoms with van der Waals surface area (Å²) in [7, 11) is 1.63. The van der Waals surface area contributed by atoms with E-state index >= 15 is 0 Å². The zero-order valence-electron chi connectivity index (χ0n) is 8.41. The van der Waals surface area contributed by atoms with Crippen molar-refractivity contribution >= 4 is 11.3 Å². The van der Waals surface area contributed by atoms with E-state index in [1.807, 2.05) is 11.4 Å². The van der Waals surface area contributed by atoms with Gasteiger partial charge in [-0.05, 0) is 19.4 Å². The van der Waals surface area contributed by atoms with Gasteiger partial charge in [0.05, 0.1) is 13.2 Å². The molecule has 0 aliphatic carbocycles. The molecule has 0 radical (unpaired) electrons. The van der Waals surface area contributed by atoms with Gasteiger partial charge in [-0.15, -0.1) is 23.2 Å². The van der Waals surface area contributed by atoms with Gasteiger partial charge < -0.3 is 9.84 Å². The zero-order valence-corrected chi connectivity index (χ0v) is 9.23. The molecule has 1 N–H and O–H groups in total. The fourth-order valence-electron chi connectivity index (χ4n) is 1.09. The van der Waals surface area contributed by atoms with Crippen molar-refractivity contribution in [1.82, 2.24) is 0 Å². The van der Waals surface area contributed by atoms with Crippen LogP contribution in [-0.2, 0) is 0 Å². The molecule has 2 nitrogen and oxygen atoms in total. The number of methoxy groups -OCH3 is 1. The molecule has 76 valence electrons. The Hall–Kier alpha value is -0.980. The summed E-state index contributed by atoms with van der Waals surface area (Å²) in [5.74, 6) is 6.55. The normalized spacial score (nSPS) is 11.6. The van der Waals surface area contributed by atoms with Gasteiger partial charge in [0, 0.05) is 16.7 Å². The number of hydrogen-bond acceptors (Lipinski definition) is 3. The lowest BCUT2D eigenvalue weighted by atomic mass is 10.2. The number of aliphatic hydroxyl groups excluding tert-OH is 1. The summed E-state index contributed by atoms with van der Waals surface area (Å²) >= 11 is 1.52. The fraction of sp³-hybridized carbons (Fsp3) is 0.455. The highest BCUT2D eigenvalue weighted by Crippen LogP contribution is 2.28. The molecule has 0 saturated heterocycles. The Morgan fingerprint density at radius 2 is 2.43 bits per heavy atom. The van der Waals surface area contributed by atoms with Crippen LogP contribution < -0.4 is 4.74 Å². The third-order valence-corrected chi connectivity index (χ3v) is 2.89. The van der Waals surface area contributed by atoms with Crippen molar-refractivity contribution in [3.8, 4) is 17.6 Å². The third-order valence-electron chi connectivity index (χ3n) is 1.88. The summed E-state index contributed by atoms with van der Waals surface area (Å²) in [5.41, 5.74) is 0. The quantitative estimate of drug-likeness (QED) is 0.774. The van der Waals surface area contributed by atoms with Crippen molar-refractivity contribution in [2.75, 3.05) is 7.11 Å². The number of aliphatic hydroxyl groups is 1. The molecular weight excluding hydrogens is 196 g/mol. The second kappa shape index (κ2) is 5.69. The Labute approximate surface area is 88.5 Å². The van der Waals surface area contributed by atoms with Crippen LogP contribution in [0.15, 0.2) is 11.4 Å². The summed E-state index contributed by atoms with van der Waals surface area (Å²) in [5, 5.41) is 11.6. The molecule has 1 heterocycles. The van der Waals surface area contributed by atoms with Crippen molar-refractivity contribution in [2.45, 2.75) is 25.9 Å². The fourth-order valence-corrected chi connectivity index (χ4v) is 1.97. The minimum atomic E-state index is -0.412. The van der Waals surface area contributed by atoms with Crippen LogP contribution >= 0.6 is 11.3 Å². The lowest BCUT2D eigenvalue weighted by Gasteiger charge is -2.04. The van der Waals surface area contributed by atoms with Crippen molar-refractivity contribution in [2.24, 2.45) is 0 Å². The van der Waals surface area contributed by atoms with E-state index in [4.69, 9.17) is 4.74 Å². The van der Waals surface area contributed by atoms with Crippen LogP contribution in [0.2, 0.25) is 0 Å². The maximum Gasteiger partial charge on any atom is 0.129 e. The average molecular weight is 210 g/mol. The largest absolute Gasteiger partial charge is 0.496 e. The molecule has 0 amide bonds. The molecule has 1 atom stereocenters. The summed E-state index contributed by atoms with van der Waals surface area (Å²) in [4.78, 5) is 0.944. The van der Waals surface area contributed by atoms with Crippen LogP contribution in [-0.4, -0.2) is 12.2 Å². The molecule has 1 unspecified atom stereocenters. The Morgan fingerprint density at radius 3 is 3.00 bits per heavy atom. The maximum atomic E-state index is 9.74. The van der Waals surface area contributed by atoms with Crippen molar-refractivity contribution in [3.63, 3.8) is 0 Å². The second-order valence-corrected chi connectivity index (χ2v) is 3.81. The maximum absolute atomic E-state index is 9.74. The summed E-state index contributed by atoms with van der Waals surface area (Å²) in [6, 6.07) is 1.87. The number of ether oxygens (including phenoxy) is 1. The number of hydrogen-bond donors (Lipinski definition) is 1. The minimum Gasteiger partial charge on any atom is -0.496 e. The van der Waals surface area contributed by atoms with Crippen LogP contribution in [0.25, 0.3) is 0 Å². The first kappa shape index (κ1) is 11.1. The van der Waals surface area contributed by atoms with Gasteiger partial charge >= 0.3 is 0 Å². The smallest absolute Gasteiger partial charge is 0.129 e. The summed E-state index contributed by atoms with van der Waals surface area (Å²) < 4.78 is 5.04. The molecule has 0 spiro atoms. The number of rotatable bonds is 4. The first-order valence-corrected chi connectivity index (χ1v) is 5.36. The highest BCUT2D eigenvalue weighted by Gasteiger charge is 2.09. The van der Waals surface area contributed by atoms with Gasteiger partial charge in [0.1, 0.15) is 5.75 Å². The van der Waals surface area contributed by atoms with Crippen LogP contribution in [0, 0.1) is 11.8 Å². The molecule has 3 heteroatoms. The Balaban J connectivity index is 2.49. The van der Waals surface area contributed by atoms with Gasteiger partial charge in [0.2, 0.25) is 0 Å². The molecule has 1 aromatic rings. The van der Waals surface area contributed by atoms with Gasteiger partial charge in [-0.25, -0.2) is 0 Å². The average Bonchev–Trinajstić information content (AvgIpc) is 2.66. The standard InChI is InChI=1S/C11H14O2S/c1-3-4-5-6-10(12)11-7-9(13-2)8-14-11/h7-8,10,12H,5-6H2,1-2H3. The highest BCUT2D eigenvalue weighted by atomic mass is 32.1. The van der Waals surface area contributed by atoms with Crippen LogP contribution in [0.5, 0.6) is 5.75 Å². The van der Waals surface area contributed by atoms with E-state index in [-0.39, 0.29) is 0 Å². The Morgan fingerprint density at radius 1 is 1.64 bits per heavy atom. The van der Waals surface area contributed by atoms with Crippen LogP contribution in [0.3, 0.4) is 0 Å². The van der Waals surface area contributed by atoms with Gasteiger partial charge in [-0.3, -0.25) is 0 Å². The molecule has 1 rings (SSSR count). The monoisotopic (exact) mass is 210 g/mol.